The van der Waals surface area contributed by atoms with Crippen molar-refractivity contribution in [3.05, 3.63) is 6.92 Å². The van der Waals surface area contributed by atoms with Crippen LogP contribution in [0.15, 0.2) is 0 Å². The molecular formula is C5H9Na3O11S3. The van der Waals surface area contributed by atoms with Crippen LogP contribution in [0.25, 0.3) is 0 Å². The molecule has 0 aliphatic carbocycles. The monoisotopic (exact) mass is 410 g/mol. The molecule has 11 nitrogen and oxygen atoms in total. The van der Waals surface area contributed by atoms with Crippen LogP contribution in [0.4, 0.5) is 0 Å². The van der Waals surface area contributed by atoms with E-state index in [0.29, 0.717) is 0 Å². The van der Waals surface area contributed by atoms with Crippen molar-refractivity contribution < 1.29 is 136 Å². The van der Waals surface area contributed by atoms with Crippen molar-refractivity contribution in [2.45, 2.75) is 18.9 Å². The maximum absolute atomic E-state index is 10.1. The Morgan fingerprint density at radius 2 is 1.32 bits per heavy atom. The standard InChI is InChI=1S/C5H11O8S2.3Na.O3S/c1-2-5(13-15(9,10)11)3-4-12-14(6,7)8;;;;1-4(2)3/h5H,1-4H2,(H,6,7,8)(H,9,10,11);;;;/q-1;3*+1;/p-2. The molecule has 0 radical (unpaired) electrons. The normalized spacial score (nSPS) is 11.4. The zero-order valence-electron chi connectivity index (χ0n) is 12.1. The van der Waals surface area contributed by atoms with Gasteiger partial charge in [0.1, 0.15) is 0 Å². The van der Waals surface area contributed by atoms with Gasteiger partial charge in [0, 0.05) is 0 Å². The van der Waals surface area contributed by atoms with Gasteiger partial charge in [-0.05, 0) is 6.42 Å². The Hall–Kier alpha value is 2.36. The average Bonchev–Trinajstić information content (AvgIpc) is 2.11. The minimum atomic E-state index is -4.87. The van der Waals surface area contributed by atoms with Gasteiger partial charge in [-0.2, -0.15) is 6.42 Å². The Morgan fingerprint density at radius 3 is 1.55 bits per heavy atom. The summed E-state index contributed by atoms with van der Waals surface area (Å²) in [7, 11) is -12.8. The molecule has 0 fully saturated rings. The predicted molar refractivity (Wildman–Crippen MR) is 54.5 cm³/mol. The Morgan fingerprint density at radius 1 is 0.955 bits per heavy atom. The Balaban J connectivity index is -0.000000123. The van der Waals surface area contributed by atoms with Gasteiger partial charge in [0.2, 0.25) is 20.8 Å². The molecule has 22 heavy (non-hydrogen) atoms. The fourth-order valence-electron chi connectivity index (χ4n) is 0.689. The first-order chi connectivity index (χ1) is 8.37. The summed E-state index contributed by atoms with van der Waals surface area (Å²) in [4.78, 5) is 0. The molecule has 0 aromatic carbocycles. The van der Waals surface area contributed by atoms with Gasteiger partial charge in [-0.25, -0.2) is 16.8 Å². The maximum Gasteiger partial charge on any atom is 1.00 e. The number of hydrogen-bond donors (Lipinski definition) is 0. The molecule has 0 aromatic rings. The van der Waals surface area contributed by atoms with E-state index in [-0.39, 0.29) is 102 Å². The zero-order valence-corrected chi connectivity index (χ0v) is 20.6. The van der Waals surface area contributed by atoms with E-state index in [9.17, 15) is 25.9 Å². The van der Waals surface area contributed by atoms with E-state index in [1.165, 1.54) is 0 Å². The third-order valence-electron chi connectivity index (χ3n) is 1.24. The minimum absolute atomic E-state index is 0. The van der Waals surface area contributed by atoms with Crippen LogP contribution in [0, 0.1) is 6.92 Å². The van der Waals surface area contributed by atoms with Crippen LogP contribution < -0.4 is 88.7 Å². The zero-order chi connectivity index (χ0) is 15.7. The molecule has 116 valence electrons. The summed E-state index contributed by atoms with van der Waals surface area (Å²) in [5.74, 6) is 0. The van der Waals surface area contributed by atoms with Crippen molar-refractivity contribution in [2.75, 3.05) is 6.61 Å². The number of hydrogen-bond acceptors (Lipinski definition) is 11. The van der Waals surface area contributed by atoms with Gasteiger partial charge in [-0.1, -0.05) is 0 Å². The molecule has 0 rings (SSSR count). The molecule has 0 aromatic heterocycles. The van der Waals surface area contributed by atoms with Gasteiger partial charge in [-0.3, -0.25) is 8.37 Å². The summed E-state index contributed by atoms with van der Waals surface area (Å²) in [6.45, 7) is 2.71. The van der Waals surface area contributed by atoms with Crippen molar-refractivity contribution in [1.29, 1.82) is 0 Å². The molecule has 0 heterocycles. The first-order valence-electron chi connectivity index (χ1n) is 4.17. The Kier molecular flexibility index (Phi) is 29.3. The SMILES string of the molecule is O=S(=O)=O.[CH2-]CC(CCOS(=O)(=O)[O-])OS(=O)(=O)[O-].[Na+].[Na+].[Na+]. The van der Waals surface area contributed by atoms with Crippen LogP contribution in [0.2, 0.25) is 0 Å². The van der Waals surface area contributed by atoms with Crippen molar-refractivity contribution in [1.82, 2.24) is 0 Å². The van der Waals surface area contributed by atoms with E-state index < -0.39 is 44.1 Å². The van der Waals surface area contributed by atoms with E-state index in [1.54, 1.807) is 0 Å². The molecule has 0 N–H and O–H groups in total. The van der Waals surface area contributed by atoms with E-state index >= 15 is 0 Å². The summed E-state index contributed by atoms with van der Waals surface area (Å²) in [5, 5.41) is 0. The molecular weight excluding hydrogens is 401 g/mol. The van der Waals surface area contributed by atoms with Crippen LogP contribution in [0.3, 0.4) is 0 Å². The van der Waals surface area contributed by atoms with Gasteiger partial charge in [0.05, 0.1) is 12.7 Å². The van der Waals surface area contributed by atoms with Crippen LogP contribution in [-0.2, 0) is 39.8 Å². The van der Waals surface area contributed by atoms with Crippen molar-refractivity contribution in [3.63, 3.8) is 0 Å². The molecule has 1 atom stereocenters. The van der Waals surface area contributed by atoms with E-state index in [2.05, 4.69) is 15.3 Å². The summed E-state index contributed by atoms with van der Waals surface area (Å²) in [6, 6.07) is 0. The van der Waals surface area contributed by atoms with E-state index in [0.717, 1.165) is 0 Å². The fraction of sp³-hybridized carbons (Fsp3) is 0.800. The van der Waals surface area contributed by atoms with E-state index in [4.69, 9.17) is 12.6 Å². The predicted octanol–water partition coefficient (Wildman–Crippen LogP) is -11.1. The molecule has 0 saturated carbocycles. The summed E-state index contributed by atoms with van der Waals surface area (Å²) in [5.41, 5.74) is 0. The molecule has 0 aliphatic rings. The summed E-state index contributed by atoms with van der Waals surface area (Å²) >= 11 is 0. The fourth-order valence-corrected chi connectivity index (χ4v) is 1.51. The quantitative estimate of drug-likeness (QED) is 0.168. The van der Waals surface area contributed by atoms with Gasteiger partial charge in [-0.15, -0.1) is 12.6 Å². The molecule has 1 unspecified atom stereocenters. The summed E-state index contributed by atoms with van der Waals surface area (Å²) < 4.78 is 93.4. The molecule has 17 heteroatoms. The average molecular weight is 410 g/mol. The van der Waals surface area contributed by atoms with Crippen LogP contribution in [0.1, 0.15) is 12.8 Å². The molecule has 0 amide bonds. The second-order valence-electron chi connectivity index (χ2n) is 2.64. The van der Waals surface area contributed by atoms with Crippen LogP contribution >= 0.6 is 0 Å². The first-order valence-corrected chi connectivity index (χ1v) is 7.84. The molecule has 0 aliphatic heterocycles. The largest absolute Gasteiger partial charge is 1.00 e. The third kappa shape index (κ3) is 38.1. The van der Waals surface area contributed by atoms with Crippen LogP contribution in [-0.4, -0.2) is 51.3 Å². The van der Waals surface area contributed by atoms with Gasteiger partial charge in [0.25, 0.3) is 0 Å². The van der Waals surface area contributed by atoms with Gasteiger partial charge >= 0.3 is 99.3 Å². The topological polar surface area (TPSA) is 184 Å². The number of rotatable bonds is 7. The second kappa shape index (κ2) is 18.2. The molecule has 0 spiro atoms. The Bertz CT molecular complexity index is 546. The summed E-state index contributed by atoms with van der Waals surface area (Å²) in [6.07, 6.45) is -1.43. The third-order valence-corrected chi connectivity index (χ3v) is 2.21. The van der Waals surface area contributed by atoms with Gasteiger partial charge in [0.15, 0.2) is 0 Å². The maximum atomic E-state index is 10.1. The molecule has 0 saturated heterocycles. The smallest absolute Gasteiger partial charge is 0.726 e. The van der Waals surface area contributed by atoms with E-state index in [1.807, 2.05) is 0 Å². The second-order valence-corrected chi connectivity index (χ2v) is 5.11. The first kappa shape index (κ1) is 35.5. The van der Waals surface area contributed by atoms with Gasteiger partial charge < -0.3 is 16.0 Å². The van der Waals surface area contributed by atoms with Crippen LogP contribution in [0.5, 0.6) is 0 Å². The van der Waals surface area contributed by atoms with Crippen molar-refractivity contribution >= 4 is 31.4 Å². The van der Waals surface area contributed by atoms with Crippen molar-refractivity contribution in [3.8, 4) is 0 Å². The molecule has 0 bridgehead atoms. The Labute approximate surface area is 196 Å². The minimum Gasteiger partial charge on any atom is -0.726 e. The van der Waals surface area contributed by atoms with Crippen molar-refractivity contribution in [2.24, 2.45) is 0 Å².